The lowest BCUT2D eigenvalue weighted by Crippen LogP contribution is -2.24. The van der Waals surface area contributed by atoms with Gasteiger partial charge in [0.05, 0.1) is 18.8 Å². The second kappa shape index (κ2) is 3.71. The molecule has 3 heteroatoms. The monoisotopic (exact) mass is 144 g/mol. The molecular weight excluding hydrogens is 132 g/mol. The molecule has 0 spiro atoms. The molecular formula is C7H12O3. The minimum absolute atomic E-state index is 0.00611. The predicted octanol–water partition coefficient (Wildman–Crippen LogP) is -0.315. The van der Waals surface area contributed by atoms with Crippen LogP contribution in [0.3, 0.4) is 0 Å². The van der Waals surface area contributed by atoms with Crippen molar-refractivity contribution in [1.29, 1.82) is 0 Å². The van der Waals surface area contributed by atoms with Crippen LogP contribution < -0.4 is 0 Å². The molecule has 2 atom stereocenters. The summed E-state index contributed by atoms with van der Waals surface area (Å²) in [5.74, 6) is 0. The van der Waals surface area contributed by atoms with E-state index in [0.29, 0.717) is 13.0 Å². The minimum atomic E-state index is -0.463. The molecule has 0 amide bonds. The van der Waals surface area contributed by atoms with E-state index < -0.39 is 6.10 Å². The number of hydrogen-bond acceptors (Lipinski definition) is 3. The van der Waals surface area contributed by atoms with Gasteiger partial charge in [0, 0.05) is 13.0 Å². The highest BCUT2D eigenvalue weighted by Crippen LogP contribution is 2.07. The van der Waals surface area contributed by atoms with Gasteiger partial charge < -0.3 is 14.9 Å². The maximum absolute atomic E-state index is 8.92. The summed E-state index contributed by atoms with van der Waals surface area (Å²) in [5, 5.41) is 17.4. The first-order chi connectivity index (χ1) is 4.83. The molecule has 0 radical (unpaired) electrons. The summed E-state index contributed by atoms with van der Waals surface area (Å²) in [6.45, 7) is 0.478. The maximum Gasteiger partial charge on any atom is 0.0955 e. The van der Waals surface area contributed by atoms with Gasteiger partial charge in [-0.3, -0.25) is 0 Å². The minimum Gasteiger partial charge on any atom is -0.396 e. The summed E-state index contributed by atoms with van der Waals surface area (Å²) in [6, 6.07) is 0. The van der Waals surface area contributed by atoms with Crippen LogP contribution in [0.5, 0.6) is 0 Å². The van der Waals surface area contributed by atoms with Crippen LogP contribution >= 0.6 is 0 Å². The molecule has 2 N–H and O–H groups in total. The van der Waals surface area contributed by atoms with E-state index in [2.05, 4.69) is 0 Å². The molecule has 1 rings (SSSR count). The Morgan fingerprint density at radius 2 is 2.30 bits per heavy atom. The topological polar surface area (TPSA) is 49.7 Å². The fourth-order valence-electron chi connectivity index (χ4n) is 0.892. The van der Waals surface area contributed by atoms with E-state index in [1.807, 2.05) is 0 Å². The van der Waals surface area contributed by atoms with Crippen LogP contribution in [0, 0.1) is 0 Å². The van der Waals surface area contributed by atoms with Crippen molar-refractivity contribution in [1.82, 2.24) is 0 Å². The lowest BCUT2D eigenvalue weighted by Gasteiger charge is -2.19. The molecule has 0 saturated heterocycles. The van der Waals surface area contributed by atoms with E-state index in [1.54, 1.807) is 12.2 Å². The van der Waals surface area contributed by atoms with Crippen molar-refractivity contribution in [3.8, 4) is 0 Å². The molecule has 0 aliphatic carbocycles. The Kier molecular flexibility index (Phi) is 2.86. The third-order valence-corrected chi connectivity index (χ3v) is 1.44. The molecule has 0 unspecified atom stereocenters. The van der Waals surface area contributed by atoms with E-state index >= 15 is 0 Å². The summed E-state index contributed by atoms with van der Waals surface area (Å²) >= 11 is 0. The molecule has 58 valence electrons. The normalized spacial score (nSPS) is 32.6. The number of aliphatic hydroxyl groups excluding tert-OH is 2. The van der Waals surface area contributed by atoms with Crippen LogP contribution in [0.1, 0.15) is 6.42 Å². The van der Waals surface area contributed by atoms with Gasteiger partial charge in [-0.2, -0.15) is 0 Å². The first-order valence-corrected chi connectivity index (χ1v) is 3.42. The van der Waals surface area contributed by atoms with E-state index in [9.17, 15) is 0 Å². The Morgan fingerprint density at radius 1 is 1.50 bits per heavy atom. The molecule has 10 heavy (non-hydrogen) atoms. The van der Waals surface area contributed by atoms with E-state index in [4.69, 9.17) is 14.9 Å². The van der Waals surface area contributed by atoms with Crippen molar-refractivity contribution in [2.75, 3.05) is 13.2 Å². The standard InChI is InChI=1S/C7H12O3/c8-4-3-7-2-1-6(9)5-10-7/h1-2,6-9H,3-5H2/t6-,7-/m1/s1. The molecule has 0 fully saturated rings. The third kappa shape index (κ3) is 2.10. The second-order valence-corrected chi connectivity index (χ2v) is 2.34. The number of rotatable bonds is 2. The molecule has 0 saturated carbocycles. The summed E-state index contributed by atoms with van der Waals surface area (Å²) in [5.41, 5.74) is 0. The average Bonchev–Trinajstić information content (AvgIpc) is 1.95. The van der Waals surface area contributed by atoms with E-state index in [1.165, 1.54) is 0 Å². The van der Waals surface area contributed by atoms with Gasteiger partial charge in [0.25, 0.3) is 0 Å². The lowest BCUT2D eigenvalue weighted by atomic mass is 10.2. The molecule has 1 aliphatic heterocycles. The molecule has 1 aliphatic rings. The Bertz CT molecular complexity index is 122. The maximum atomic E-state index is 8.92. The van der Waals surface area contributed by atoms with Crippen LogP contribution in [0.4, 0.5) is 0 Å². The van der Waals surface area contributed by atoms with Gasteiger partial charge in [-0.1, -0.05) is 12.2 Å². The van der Waals surface area contributed by atoms with E-state index in [-0.39, 0.29) is 12.7 Å². The molecule has 0 aromatic carbocycles. The zero-order valence-electron chi connectivity index (χ0n) is 5.73. The van der Waals surface area contributed by atoms with Gasteiger partial charge in [-0.05, 0) is 0 Å². The predicted molar refractivity (Wildman–Crippen MR) is 36.6 cm³/mol. The molecule has 0 aromatic rings. The summed E-state index contributed by atoms with van der Waals surface area (Å²) in [4.78, 5) is 0. The van der Waals surface area contributed by atoms with Crippen molar-refractivity contribution in [3.05, 3.63) is 12.2 Å². The zero-order chi connectivity index (χ0) is 7.40. The van der Waals surface area contributed by atoms with Crippen molar-refractivity contribution in [2.45, 2.75) is 18.6 Å². The lowest BCUT2D eigenvalue weighted by molar-refractivity contribution is 0.00575. The van der Waals surface area contributed by atoms with Crippen molar-refractivity contribution >= 4 is 0 Å². The van der Waals surface area contributed by atoms with Crippen LogP contribution in [-0.2, 0) is 4.74 Å². The SMILES string of the molecule is OCC[C@H]1C=C[C@@H](O)CO1. The number of hydrogen-bond donors (Lipinski definition) is 2. The zero-order valence-corrected chi connectivity index (χ0v) is 5.73. The Hall–Kier alpha value is -0.380. The Labute approximate surface area is 59.9 Å². The van der Waals surface area contributed by atoms with E-state index in [0.717, 1.165) is 0 Å². The van der Waals surface area contributed by atoms with Gasteiger partial charge in [0.2, 0.25) is 0 Å². The van der Waals surface area contributed by atoms with Gasteiger partial charge in [0.15, 0.2) is 0 Å². The highest BCUT2D eigenvalue weighted by atomic mass is 16.5. The van der Waals surface area contributed by atoms with Crippen LogP contribution in [0.25, 0.3) is 0 Å². The van der Waals surface area contributed by atoms with Crippen molar-refractivity contribution < 1.29 is 14.9 Å². The molecule has 3 nitrogen and oxygen atoms in total. The quantitative estimate of drug-likeness (QED) is 0.522. The highest BCUT2D eigenvalue weighted by molar-refractivity contribution is 4.97. The first kappa shape index (κ1) is 7.72. The highest BCUT2D eigenvalue weighted by Gasteiger charge is 2.12. The fourth-order valence-corrected chi connectivity index (χ4v) is 0.892. The molecule has 0 aromatic heterocycles. The second-order valence-electron chi connectivity index (χ2n) is 2.34. The largest absolute Gasteiger partial charge is 0.396 e. The Morgan fingerprint density at radius 3 is 2.80 bits per heavy atom. The third-order valence-electron chi connectivity index (χ3n) is 1.44. The fraction of sp³-hybridized carbons (Fsp3) is 0.714. The number of aliphatic hydroxyl groups is 2. The molecule has 1 heterocycles. The summed E-state index contributed by atoms with van der Waals surface area (Å²) < 4.78 is 5.13. The Balaban J connectivity index is 2.30. The van der Waals surface area contributed by atoms with Gasteiger partial charge in [-0.25, -0.2) is 0 Å². The van der Waals surface area contributed by atoms with Gasteiger partial charge >= 0.3 is 0 Å². The first-order valence-electron chi connectivity index (χ1n) is 3.42. The average molecular weight is 144 g/mol. The number of ether oxygens (including phenoxy) is 1. The van der Waals surface area contributed by atoms with Crippen LogP contribution in [0.2, 0.25) is 0 Å². The smallest absolute Gasteiger partial charge is 0.0955 e. The van der Waals surface area contributed by atoms with Gasteiger partial charge in [0.1, 0.15) is 0 Å². The van der Waals surface area contributed by atoms with Crippen LogP contribution in [0.15, 0.2) is 12.2 Å². The van der Waals surface area contributed by atoms with Gasteiger partial charge in [-0.15, -0.1) is 0 Å². The van der Waals surface area contributed by atoms with Crippen molar-refractivity contribution in [2.24, 2.45) is 0 Å². The van der Waals surface area contributed by atoms with Crippen LogP contribution in [-0.4, -0.2) is 35.6 Å². The van der Waals surface area contributed by atoms with Crippen molar-refractivity contribution in [3.63, 3.8) is 0 Å². The molecule has 0 bridgehead atoms. The summed E-state index contributed by atoms with van der Waals surface area (Å²) in [6.07, 6.45) is 3.63. The summed E-state index contributed by atoms with van der Waals surface area (Å²) in [7, 11) is 0.